The van der Waals surface area contributed by atoms with E-state index in [1.807, 2.05) is 18.2 Å². The number of amides is 1. The largest absolute Gasteiger partial charge is 0.508 e. The molecule has 0 aromatic heterocycles. The first-order valence-corrected chi connectivity index (χ1v) is 9.80. The molecule has 0 bridgehead atoms. The number of fused-ring (bicyclic) bond motifs is 1. The fraction of sp³-hybridized carbons (Fsp3) is 0.240. The highest BCUT2D eigenvalue weighted by atomic mass is 16.5. The summed E-state index contributed by atoms with van der Waals surface area (Å²) >= 11 is 0. The Balaban J connectivity index is 1.80. The molecule has 0 spiro atoms. The van der Waals surface area contributed by atoms with Crippen LogP contribution in [0, 0.1) is 6.92 Å². The molecule has 148 valence electrons. The van der Waals surface area contributed by atoms with Gasteiger partial charge < -0.3 is 14.7 Å². The number of benzene rings is 3. The normalized spacial score (nSPS) is 17.9. The lowest BCUT2D eigenvalue weighted by molar-refractivity contribution is -0.116. The number of phenols is 1. The minimum Gasteiger partial charge on any atom is -0.508 e. The third kappa shape index (κ3) is 3.70. The van der Waals surface area contributed by atoms with Crippen LogP contribution in [0.5, 0.6) is 11.5 Å². The maximum Gasteiger partial charge on any atom is 0.223 e. The molecule has 2 atom stereocenters. The van der Waals surface area contributed by atoms with E-state index in [9.17, 15) is 9.90 Å². The number of aryl methyl sites for hydroxylation is 1. The molecule has 0 radical (unpaired) electrons. The standard InChI is InChI=1S/C25H25NO3/c1-16-5-4-6-19(13-16)23-15-29-24-14-21(28)11-12-22(24)25(23)18-7-9-20(10-8-18)26(3)17(2)27/h4-14,23,25,28H,15H2,1-3H3. The van der Waals surface area contributed by atoms with Gasteiger partial charge in [-0.25, -0.2) is 0 Å². The Bertz CT molecular complexity index is 1040. The summed E-state index contributed by atoms with van der Waals surface area (Å²) in [4.78, 5) is 13.3. The second kappa shape index (κ2) is 7.63. The predicted octanol–water partition coefficient (Wildman–Crippen LogP) is 4.99. The van der Waals surface area contributed by atoms with Gasteiger partial charge >= 0.3 is 0 Å². The van der Waals surface area contributed by atoms with Gasteiger partial charge in [-0.15, -0.1) is 0 Å². The summed E-state index contributed by atoms with van der Waals surface area (Å²) in [6.45, 7) is 4.20. The average Bonchev–Trinajstić information content (AvgIpc) is 2.72. The molecule has 4 heteroatoms. The van der Waals surface area contributed by atoms with Crippen molar-refractivity contribution >= 4 is 11.6 Å². The third-order valence-corrected chi connectivity index (χ3v) is 5.74. The second-order valence-electron chi connectivity index (χ2n) is 7.70. The van der Waals surface area contributed by atoms with Crippen LogP contribution in [0.3, 0.4) is 0 Å². The van der Waals surface area contributed by atoms with Crippen LogP contribution >= 0.6 is 0 Å². The number of anilines is 1. The number of hydrogen-bond acceptors (Lipinski definition) is 3. The van der Waals surface area contributed by atoms with E-state index in [0.29, 0.717) is 6.61 Å². The average molecular weight is 387 g/mol. The molecule has 1 aliphatic heterocycles. The van der Waals surface area contributed by atoms with Crippen LogP contribution in [0.1, 0.15) is 41.0 Å². The first kappa shape index (κ1) is 19.1. The molecule has 1 amide bonds. The number of rotatable bonds is 3. The highest BCUT2D eigenvalue weighted by molar-refractivity contribution is 5.90. The van der Waals surface area contributed by atoms with Gasteiger partial charge in [-0.3, -0.25) is 4.79 Å². The molecule has 0 saturated carbocycles. The van der Waals surface area contributed by atoms with Crippen molar-refractivity contribution in [2.75, 3.05) is 18.6 Å². The van der Waals surface area contributed by atoms with Crippen molar-refractivity contribution in [3.8, 4) is 11.5 Å². The minimum atomic E-state index is 0.00211. The number of carbonyl (C=O) groups excluding carboxylic acids is 1. The van der Waals surface area contributed by atoms with Crippen LogP contribution in [0.25, 0.3) is 0 Å². The summed E-state index contributed by atoms with van der Waals surface area (Å²) < 4.78 is 6.04. The van der Waals surface area contributed by atoms with Gasteiger partial charge in [0.15, 0.2) is 0 Å². The smallest absolute Gasteiger partial charge is 0.223 e. The van der Waals surface area contributed by atoms with E-state index in [1.54, 1.807) is 31.0 Å². The molecule has 1 heterocycles. The molecule has 1 N–H and O–H groups in total. The Labute approximate surface area is 171 Å². The first-order chi connectivity index (χ1) is 13.9. The summed E-state index contributed by atoms with van der Waals surface area (Å²) in [5.41, 5.74) is 5.54. The van der Waals surface area contributed by atoms with E-state index in [2.05, 4.69) is 43.3 Å². The highest BCUT2D eigenvalue weighted by Gasteiger charge is 2.33. The van der Waals surface area contributed by atoms with Crippen molar-refractivity contribution in [3.63, 3.8) is 0 Å². The molecule has 4 nitrogen and oxygen atoms in total. The van der Waals surface area contributed by atoms with E-state index in [1.165, 1.54) is 11.1 Å². The van der Waals surface area contributed by atoms with Crippen LogP contribution in [0.4, 0.5) is 5.69 Å². The Kier molecular flexibility index (Phi) is 5.01. The van der Waals surface area contributed by atoms with E-state index >= 15 is 0 Å². The lowest BCUT2D eigenvalue weighted by Gasteiger charge is -2.35. The first-order valence-electron chi connectivity index (χ1n) is 9.80. The summed E-state index contributed by atoms with van der Waals surface area (Å²) in [6.07, 6.45) is 0. The Hall–Kier alpha value is -3.27. The Morgan fingerprint density at radius 1 is 1.03 bits per heavy atom. The van der Waals surface area contributed by atoms with Crippen molar-refractivity contribution in [2.45, 2.75) is 25.7 Å². The minimum absolute atomic E-state index is 0.00211. The molecule has 4 rings (SSSR count). The fourth-order valence-electron chi connectivity index (χ4n) is 4.09. The number of aromatic hydroxyl groups is 1. The zero-order valence-corrected chi connectivity index (χ0v) is 16.9. The van der Waals surface area contributed by atoms with Crippen LogP contribution in [-0.4, -0.2) is 24.7 Å². The maximum atomic E-state index is 11.7. The topological polar surface area (TPSA) is 49.8 Å². The van der Waals surface area contributed by atoms with Gasteiger partial charge in [-0.1, -0.05) is 48.0 Å². The Morgan fingerprint density at radius 3 is 2.48 bits per heavy atom. The number of hydrogen-bond donors (Lipinski definition) is 1. The van der Waals surface area contributed by atoms with Gasteiger partial charge in [0.25, 0.3) is 0 Å². The van der Waals surface area contributed by atoms with Crippen LogP contribution in [0.2, 0.25) is 0 Å². The number of nitrogens with zero attached hydrogens (tertiary/aromatic N) is 1. The number of ether oxygens (including phenoxy) is 1. The van der Waals surface area contributed by atoms with E-state index in [4.69, 9.17) is 4.74 Å². The molecule has 3 aromatic carbocycles. The molecular weight excluding hydrogens is 362 g/mol. The zero-order chi connectivity index (χ0) is 20.5. The molecule has 2 unspecified atom stereocenters. The van der Waals surface area contributed by atoms with Crippen molar-refractivity contribution in [2.24, 2.45) is 0 Å². The third-order valence-electron chi connectivity index (χ3n) is 5.74. The predicted molar refractivity (Wildman–Crippen MR) is 115 cm³/mol. The second-order valence-corrected chi connectivity index (χ2v) is 7.70. The monoisotopic (exact) mass is 387 g/mol. The van der Waals surface area contributed by atoms with Gasteiger partial charge in [-0.05, 0) is 36.2 Å². The summed E-state index contributed by atoms with van der Waals surface area (Å²) in [6, 6.07) is 22.0. The quantitative estimate of drug-likeness (QED) is 0.689. The molecule has 0 aliphatic carbocycles. The SMILES string of the molecule is CC(=O)N(C)c1ccc(C2c3ccc(O)cc3OCC2c2cccc(C)c2)cc1. The van der Waals surface area contributed by atoms with Gasteiger partial charge in [0, 0.05) is 43.1 Å². The van der Waals surface area contributed by atoms with Gasteiger partial charge in [0.2, 0.25) is 5.91 Å². The molecule has 29 heavy (non-hydrogen) atoms. The highest BCUT2D eigenvalue weighted by Crippen LogP contribution is 2.47. The maximum absolute atomic E-state index is 11.7. The van der Waals surface area contributed by atoms with Gasteiger partial charge in [0.05, 0.1) is 6.61 Å². The molecular formula is C25H25NO3. The molecule has 0 fully saturated rings. The van der Waals surface area contributed by atoms with Crippen LogP contribution in [0.15, 0.2) is 66.7 Å². The molecule has 1 aliphatic rings. The lowest BCUT2D eigenvalue weighted by Crippen LogP contribution is -2.26. The van der Waals surface area contributed by atoms with Crippen LogP contribution < -0.4 is 9.64 Å². The lowest BCUT2D eigenvalue weighted by atomic mass is 9.75. The van der Waals surface area contributed by atoms with E-state index in [0.717, 1.165) is 22.6 Å². The van der Waals surface area contributed by atoms with Gasteiger partial charge in [-0.2, -0.15) is 0 Å². The Morgan fingerprint density at radius 2 is 1.79 bits per heavy atom. The molecule has 0 saturated heterocycles. The summed E-state index contributed by atoms with van der Waals surface area (Å²) in [5.74, 6) is 1.18. The summed E-state index contributed by atoms with van der Waals surface area (Å²) in [7, 11) is 1.78. The van der Waals surface area contributed by atoms with Gasteiger partial charge in [0.1, 0.15) is 11.5 Å². The summed E-state index contributed by atoms with van der Waals surface area (Å²) in [5, 5.41) is 9.90. The van der Waals surface area contributed by atoms with Crippen molar-refractivity contribution in [3.05, 3.63) is 89.0 Å². The van der Waals surface area contributed by atoms with E-state index in [-0.39, 0.29) is 23.5 Å². The number of phenolic OH excluding ortho intramolecular Hbond substituents is 1. The van der Waals surface area contributed by atoms with Crippen molar-refractivity contribution < 1.29 is 14.6 Å². The van der Waals surface area contributed by atoms with E-state index < -0.39 is 0 Å². The van der Waals surface area contributed by atoms with Crippen LogP contribution in [-0.2, 0) is 4.79 Å². The van der Waals surface area contributed by atoms with Crippen molar-refractivity contribution in [1.29, 1.82) is 0 Å². The van der Waals surface area contributed by atoms with Crippen molar-refractivity contribution in [1.82, 2.24) is 0 Å². The number of carbonyl (C=O) groups is 1. The zero-order valence-electron chi connectivity index (χ0n) is 16.9. The molecule has 3 aromatic rings. The fourth-order valence-corrected chi connectivity index (χ4v) is 4.09.